The largest absolute Gasteiger partial charge is 0.308 e. The van der Waals surface area contributed by atoms with Gasteiger partial charge in [-0.3, -0.25) is 9.97 Å². The van der Waals surface area contributed by atoms with Gasteiger partial charge < -0.3 is 5.32 Å². The van der Waals surface area contributed by atoms with Crippen LogP contribution in [0.4, 0.5) is 0 Å². The summed E-state index contributed by atoms with van der Waals surface area (Å²) in [6, 6.07) is 6.42. The molecule has 1 aromatic carbocycles. The minimum Gasteiger partial charge on any atom is -0.308 e. The second kappa shape index (κ2) is 5.60. The fraction of sp³-hybridized carbons (Fsp3) is 0.286. The molecule has 3 aromatic rings. The molecule has 0 aliphatic carbocycles. The lowest BCUT2D eigenvalue weighted by atomic mass is 10.2. The van der Waals surface area contributed by atoms with E-state index in [9.17, 15) is 0 Å². The molecular weight excluding hydrogens is 270 g/mol. The van der Waals surface area contributed by atoms with Crippen molar-refractivity contribution in [1.82, 2.24) is 25.5 Å². The highest BCUT2D eigenvalue weighted by Crippen LogP contribution is 2.25. The van der Waals surface area contributed by atoms with Gasteiger partial charge in [-0.25, -0.2) is 0 Å². The number of benzene rings is 1. The Kier molecular flexibility index (Phi) is 3.66. The Morgan fingerprint density at radius 3 is 2.70 bits per heavy atom. The lowest BCUT2D eigenvalue weighted by Gasteiger charge is -2.03. The van der Waals surface area contributed by atoms with Crippen LogP contribution in [0.5, 0.6) is 0 Å². The molecule has 102 valence electrons. The topological polar surface area (TPSA) is 63.6 Å². The molecule has 0 aliphatic heterocycles. The van der Waals surface area contributed by atoms with E-state index in [1.54, 1.807) is 23.7 Å². The quantitative estimate of drug-likeness (QED) is 0.798. The van der Waals surface area contributed by atoms with Crippen molar-refractivity contribution in [1.29, 1.82) is 0 Å². The molecule has 5 nitrogen and oxygen atoms in total. The van der Waals surface area contributed by atoms with Crippen molar-refractivity contribution in [3.63, 3.8) is 0 Å². The SMILES string of the molecule is CC(C)NCc1nnc(-c2ccc3nccnc3c2)s1. The molecule has 0 aliphatic rings. The molecule has 20 heavy (non-hydrogen) atoms. The Morgan fingerprint density at radius 1 is 1.10 bits per heavy atom. The van der Waals surface area contributed by atoms with Crippen LogP contribution in [0.25, 0.3) is 21.6 Å². The van der Waals surface area contributed by atoms with Crippen LogP contribution >= 0.6 is 11.3 Å². The molecule has 3 rings (SSSR count). The van der Waals surface area contributed by atoms with Gasteiger partial charge in [-0.2, -0.15) is 0 Å². The summed E-state index contributed by atoms with van der Waals surface area (Å²) in [6.07, 6.45) is 3.40. The maximum atomic E-state index is 4.32. The molecule has 2 aromatic heterocycles. The normalized spacial score (nSPS) is 11.3. The van der Waals surface area contributed by atoms with Gasteiger partial charge in [0.1, 0.15) is 10.0 Å². The third kappa shape index (κ3) is 2.81. The van der Waals surface area contributed by atoms with E-state index >= 15 is 0 Å². The van der Waals surface area contributed by atoms with E-state index in [0.29, 0.717) is 6.04 Å². The standard InChI is InChI=1S/C14H15N5S/c1-9(2)17-8-13-18-19-14(20-13)10-3-4-11-12(7-10)16-6-5-15-11/h3-7,9,17H,8H2,1-2H3. The van der Waals surface area contributed by atoms with Crippen molar-refractivity contribution in [2.24, 2.45) is 0 Å². The lowest BCUT2D eigenvalue weighted by Crippen LogP contribution is -2.21. The number of hydrogen-bond donors (Lipinski definition) is 1. The summed E-state index contributed by atoms with van der Waals surface area (Å²) >= 11 is 1.60. The van der Waals surface area contributed by atoms with E-state index in [0.717, 1.165) is 33.2 Å². The van der Waals surface area contributed by atoms with Crippen LogP contribution in [0, 0.1) is 0 Å². The summed E-state index contributed by atoms with van der Waals surface area (Å²) in [7, 11) is 0. The minimum absolute atomic E-state index is 0.443. The highest BCUT2D eigenvalue weighted by atomic mass is 32.1. The van der Waals surface area contributed by atoms with Crippen LogP contribution in [-0.4, -0.2) is 26.2 Å². The molecular formula is C14H15N5S. The second-order valence-corrected chi connectivity index (χ2v) is 5.86. The van der Waals surface area contributed by atoms with Crippen molar-refractivity contribution >= 4 is 22.4 Å². The van der Waals surface area contributed by atoms with Gasteiger partial charge in [-0.1, -0.05) is 25.2 Å². The van der Waals surface area contributed by atoms with Gasteiger partial charge in [0.25, 0.3) is 0 Å². The van der Waals surface area contributed by atoms with Crippen LogP contribution < -0.4 is 5.32 Å². The van der Waals surface area contributed by atoms with E-state index in [1.807, 2.05) is 18.2 Å². The fourth-order valence-corrected chi connectivity index (χ4v) is 2.62. The van der Waals surface area contributed by atoms with Crippen molar-refractivity contribution in [2.75, 3.05) is 0 Å². The Hall–Kier alpha value is -1.92. The summed E-state index contributed by atoms with van der Waals surface area (Å²) < 4.78 is 0. The van der Waals surface area contributed by atoms with Gasteiger partial charge in [0, 0.05) is 30.5 Å². The fourth-order valence-electron chi connectivity index (χ4n) is 1.83. The maximum Gasteiger partial charge on any atom is 0.147 e. The molecule has 0 amide bonds. The van der Waals surface area contributed by atoms with Gasteiger partial charge in [0.05, 0.1) is 11.0 Å². The molecule has 0 unspecified atom stereocenters. The molecule has 1 N–H and O–H groups in total. The molecule has 0 spiro atoms. The first-order valence-corrected chi connectivity index (χ1v) is 7.31. The van der Waals surface area contributed by atoms with Crippen molar-refractivity contribution in [3.8, 4) is 10.6 Å². The van der Waals surface area contributed by atoms with Crippen LogP contribution in [0.3, 0.4) is 0 Å². The molecule has 2 heterocycles. The average molecular weight is 285 g/mol. The number of nitrogens with one attached hydrogen (secondary N) is 1. The molecule has 0 saturated carbocycles. The monoisotopic (exact) mass is 285 g/mol. The highest BCUT2D eigenvalue weighted by Gasteiger charge is 2.08. The Bertz CT molecular complexity index is 722. The van der Waals surface area contributed by atoms with E-state index in [1.165, 1.54) is 0 Å². The first-order valence-electron chi connectivity index (χ1n) is 6.49. The van der Waals surface area contributed by atoms with Gasteiger partial charge in [0.2, 0.25) is 0 Å². The molecule has 0 fully saturated rings. The number of nitrogens with zero attached hydrogens (tertiary/aromatic N) is 4. The third-order valence-electron chi connectivity index (χ3n) is 2.84. The molecule has 0 bridgehead atoms. The van der Waals surface area contributed by atoms with Gasteiger partial charge in [-0.15, -0.1) is 10.2 Å². The first-order chi connectivity index (χ1) is 9.72. The van der Waals surface area contributed by atoms with E-state index in [4.69, 9.17) is 0 Å². The van der Waals surface area contributed by atoms with Crippen LogP contribution in [-0.2, 0) is 6.54 Å². The molecule has 0 atom stereocenters. The van der Waals surface area contributed by atoms with Gasteiger partial charge in [0.15, 0.2) is 0 Å². The molecule has 6 heteroatoms. The number of rotatable bonds is 4. The number of hydrogen-bond acceptors (Lipinski definition) is 6. The Morgan fingerprint density at radius 2 is 1.90 bits per heavy atom. The summed E-state index contributed by atoms with van der Waals surface area (Å²) in [6.45, 7) is 4.98. The minimum atomic E-state index is 0.443. The zero-order chi connectivity index (χ0) is 13.9. The predicted octanol–water partition coefficient (Wildman–Crippen LogP) is 2.65. The van der Waals surface area contributed by atoms with Crippen LogP contribution in [0.1, 0.15) is 18.9 Å². The van der Waals surface area contributed by atoms with Crippen molar-refractivity contribution < 1.29 is 0 Å². The number of fused-ring (bicyclic) bond motifs is 1. The Balaban J connectivity index is 1.87. The second-order valence-electron chi connectivity index (χ2n) is 4.80. The smallest absolute Gasteiger partial charge is 0.147 e. The lowest BCUT2D eigenvalue weighted by molar-refractivity contribution is 0.585. The zero-order valence-corrected chi connectivity index (χ0v) is 12.2. The average Bonchev–Trinajstić information content (AvgIpc) is 2.93. The van der Waals surface area contributed by atoms with Gasteiger partial charge >= 0.3 is 0 Å². The summed E-state index contributed by atoms with van der Waals surface area (Å²) in [4.78, 5) is 8.58. The predicted molar refractivity (Wildman–Crippen MR) is 80.4 cm³/mol. The van der Waals surface area contributed by atoms with E-state index in [-0.39, 0.29) is 0 Å². The van der Waals surface area contributed by atoms with E-state index < -0.39 is 0 Å². The maximum absolute atomic E-state index is 4.32. The van der Waals surface area contributed by atoms with Crippen LogP contribution in [0.15, 0.2) is 30.6 Å². The Labute approximate surface area is 121 Å². The van der Waals surface area contributed by atoms with Crippen molar-refractivity contribution in [2.45, 2.75) is 26.4 Å². The zero-order valence-electron chi connectivity index (χ0n) is 11.4. The number of aromatic nitrogens is 4. The summed E-state index contributed by atoms with van der Waals surface area (Å²) in [5.74, 6) is 0. The van der Waals surface area contributed by atoms with Crippen LogP contribution in [0.2, 0.25) is 0 Å². The summed E-state index contributed by atoms with van der Waals surface area (Å²) in [5.41, 5.74) is 2.80. The first kappa shape index (κ1) is 13.1. The summed E-state index contributed by atoms with van der Waals surface area (Å²) in [5, 5.41) is 13.7. The van der Waals surface area contributed by atoms with Crippen molar-refractivity contribution in [3.05, 3.63) is 35.6 Å². The third-order valence-corrected chi connectivity index (χ3v) is 3.82. The molecule has 0 saturated heterocycles. The van der Waals surface area contributed by atoms with Gasteiger partial charge in [-0.05, 0) is 18.2 Å². The highest BCUT2D eigenvalue weighted by molar-refractivity contribution is 7.14. The van der Waals surface area contributed by atoms with E-state index in [2.05, 4.69) is 39.3 Å². The molecule has 0 radical (unpaired) electrons.